The summed E-state index contributed by atoms with van der Waals surface area (Å²) in [6, 6.07) is -1.13. The molecule has 0 aliphatic carbocycles. The molecule has 0 aliphatic heterocycles. The maximum atomic E-state index is 13.1. The van der Waals surface area contributed by atoms with Crippen LogP contribution in [-0.4, -0.2) is 61.0 Å². The van der Waals surface area contributed by atoms with Crippen molar-refractivity contribution in [2.24, 2.45) is 5.92 Å². The zero-order valence-corrected chi connectivity index (χ0v) is 26.9. The average molecular weight is 581 g/mol. The highest BCUT2D eigenvalue weighted by Gasteiger charge is 2.23. The normalized spacial score (nSPS) is 13.3. The number of nitrogens with one attached hydrogen (secondary N) is 4. The highest BCUT2D eigenvalue weighted by molar-refractivity contribution is 5.84. The lowest BCUT2D eigenvalue weighted by Crippen LogP contribution is -2.45. The van der Waals surface area contributed by atoms with E-state index in [1.54, 1.807) is 0 Å². The van der Waals surface area contributed by atoms with Crippen LogP contribution in [0.15, 0.2) is 0 Å². The number of unbranched alkanes of at least 4 members (excludes halogenated alkanes) is 5. The highest BCUT2D eigenvalue weighted by atomic mass is 16.2. The number of carbonyl (C=O) groups excluding carboxylic acids is 5. The van der Waals surface area contributed by atoms with Crippen LogP contribution in [0, 0.1) is 5.92 Å². The molecule has 0 saturated carbocycles. The Kier molecular flexibility index (Phi) is 23.0. The van der Waals surface area contributed by atoms with Crippen molar-refractivity contribution < 1.29 is 24.0 Å². The summed E-state index contributed by atoms with van der Waals surface area (Å²) in [5, 5.41) is 12.1. The van der Waals surface area contributed by atoms with Gasteiger partial charge in [-0.2, -0.15) is 0 Å². The predicted octanol–water partition coefficient (Wildman–Crippen LogP) is 4.76. The molecule has 238 valence electrons. The Bertz CT molecular complexity index is 757. The molecule has 0 aromatic rings. The molecule has 0 fully saturated rings. The summed E-state index contributed by atoms with van der Waals surface area (Å²) in [5.74, 6) is -0.372. The van der Waals surface area contributed by atoms with E-state index < -0.39 is 6.04 Å². The van der Waals surface area contributed by atoms with Gasteiger partial charge < -0.3 is 21.3 Å². The summed E-state index contributed by atoms with van der Waals surface area (Å²) in [6.45, 7) is 10.2. The van der Waals surface area contributed by atoms with E-state index in [1.165, 1.54) is 13.8 Å². The van der Waals surface area contributed by atoms with E-state index in [4.69, 9.17) is 0 Å². The monoisotopic (exact) mass is 580 g/mol. The Morgan fingerprint density at radius 2 is 0.951 bits per heavy atom. The Hall–Kier alpha value is -2.29. The molecular weight excluding hydrogens is 520 g/mol. The van der Waals surface area contributed by atoms with Gasteiger partial charge in [0.15, 0.2) is 0 Å². The molecule has 3 amide bonds. The molecular formula is C32H60N4O5. The molecule has 0 aromatic heterocycles. The number of hydrogen-bond acceptors (Lipinski definition) is 6. The first-order chi connectivity index (χ1) is 19.5. The first-order valence-electron chi connectivity index (χ1n) is 16.0. The quantitative estimate of drug-likeness (QED) is 0.109. The van der Waals surface area contributed by atoms with Crippen molar-refractivity contribution in [3.05, 3.63) is 0 Å². The molecule has 0 aromatic carbocycles. The Balaban J connectivity index is 5.18. The van der Waals surface area contributed by atoms with Crippen molar-refractivity contribution >= 4 is 29.3 Å². The number of carbonyl (C=O) groups is 5. The van der Waals surface area contributed by atoms with Crippen LogP contribution in [-0.2, 0) is 24.0 Å². The fourth-order valence-corrected chi connectivity index (χ4v) is 5.12. The summed E-state index contributed by atoms with van der Waals surface area (Å²) in [6.07, 6.45) is 11.4. The maximum absolute atomic E-state index is 13.1. The summed E-state index contributed by atoms with van der Waals surface area (Å²) in [7, 11) is 1.94. The maximum Gasteiger partial charge on any atom is 0.222 e. The van der Waals surface area contributed by atoms with Crippen LogP contribution in [0.5, 0.6) is 0 Å². The van der Waals surface area contributed by atoms with Crippen LogP contribution < -0.4 is 21.3 Å². The van der Waals surface area contributed by atoms with Gasteiger partial charge in [-0.3, -0.25) is 24.0 Å². The van der Waals surface area contributed by atoms with E-state index in [0.29, 0.717) is 12.8 Å². The Morgan fingerprint density at radius 1 is 0.537 bits per heavy atom. The van der Waals surface area contributed by atoms with Gasteiger partial charge in [-0.1, -0.05) is 72.1 Å². The minimum absolute atomic E-state index is 0.0127. The van der Waals surface area contributed by atoms with Crippen LogP contribution in [0.4, 0.5) is 0 Å². The zero-order chi connectivity index (χ0) is 31.0. The van der Waals surface area contributed by atoms with Gasteiger partial charge in [-0.05, 0) is 52.6 Å². The molecule has 9 nitrogen and oxygen atoms in total. The topological polar surface area (TPSA) is 133 Å². The average Bonchev–Trinajstić information content (AvgIpc) is 2.85. The summed E-state index contributed by atoms with van der Waals surface area (Å²) in [4.78, 5) is 62.0. The molecule has 0 aliphatic rings. The largest absolute Gasteiger partial charge is 0.353 e. The van der Waals surface area contributed by atoms with E-state index in [0.717, 1.165) is 70.8 Å². The molecule has 0 bridgehead atoms. The number of Topliss-reactive ketones (excluding diaryl/α,β-unsaturated/α-hetero) is 2. The molecule has 0 spiro atoms. The Morgan fingerprint density at radius 3 is 1.37 bits per heavy atom. The Labute approximate surface area is 249 Å². The van der Waals surface area contributed by atoms with Crippen molar-refractivity contribution in [3.8, 4) is 0 Å². The molecule has 0 heterocycles. The number of amides is 3. The second-order valence-corrected chi connectivity index (χ2v) is 11.9. The van der Waals surface area contributed by atoms with Gasteiger partial charge in [-0.25, -0.2) is 0 Å². The highest BCUT2D eigenvalue weighted by Crippen LogP contribution is 2.14. The third kappa shape index (κ3) is 23.0. The van der Waals surface area contributed by atoms with Crippen molar-refractivity contribution in [3.63, 3.8) is 0 Å². The van der Waals surface area contributed by atoms with Crippen LogP contribution in [0.1, 0.15) is 137 Å². The second kappa shape index (κ2) is 24.3. The minimum Gasteiger partial charge on any atom is -0.353 e. The van der Waals surface area contributed by atoms with Crippen LogP contribution >= 0.6 is 0 Å². The van der Waals surface area contributed by atoms with Gasteiger partial charge in [-0.15, -0.1) is 0 Å². The van der Waals surface area contributed by atoms with E-state index in [9.17, 15) is 24.0 Å². The molecule has 0 saturated heterocycles. The number of ketones is 2. The van der Waals surface area contributed by atoms with E-state index >= 15 is 0 Å². The van der Waals surface area contributed by atoms with Gasteiger partial charge >= 0.3 is 0 Å². The molecule has 41 heavy (non-hydrogen) atoms. The molecule has 3 unspecified atom stereocenters. The van der Waals surface area contributed by atoms with Gasteiger partial charge in [0.1, 0.15) is 11.6 Å². The molecule has 4 N–H and O–H groups in total. The molecule has 0 radical (unpaired) electrons. The first-order valence-corrected chi connectivity index (χ1v) is 16.0. The van der Waals surface area contributed by atoms with Crippen molar-refractivity contribution in [2.75, 3.05) is 13.6 Å². The van der Waals surface area contributed by atoms with Crippen molar-refractivity contribution in [2.45, 2.75) is 155 Å². The SMILES string of the molecule is CCCCCC(CC(=O)NC(CCCCC)CC(=O)NC(CC(C)=O)CC(C)=O)NC(=O)CC(C)CCCCNC. The smallest absolute Gasteiger partial charge is 0.222 e. The lowest BCUT2D eigenvalue weighted by Gasteiger charge is -2.24. The standard InChI is InChI=1S/C32H60N4O5/c1-7-9-11-16-27(34-30(39)19-24(3)15-13-14-18-33-6)22-31(40)35-28(17-12-10-8-2)23-32(41)36-29(20-25(4)37)21-26(5)38/h24,27-29,33H,7-23H2,1-6H3,(H,34,39)(H,35,40)(H,36,41). The summed E-state index contributed by atoms with van der Waals surface area (Å²) < 4.78 is 0. The van der Waals surface area contributed by atoms with E-state index in [1.807, 2.05) is 7.05 Å². The van der Waals surface area contributed by atoms with Crippen LogP contribution in [0.3, 0.4) is 0 Å². The number of rotatable bonds is 26. The summed E-state index contributed by atoms with van der Waals surface area (Å²) in [5.41, 5.74) is 0. The van der Waals surface area contributed by atoms with Crippen LogP contribution in [0.2, 0.25) is 0 Å². The fourth-order valence-electron chi connectivity index (χ4n) is 5.12. The summed E-state index contributed by atoms with van der Waals surface area (Å²) >= 11 is 0. The van der Waals surface area contributed by atoms with Crippen molar-refractivity contribution in [1.29, 1.82) is 0 Å². The third-order valence-corrected chi connectivity index (χ3v) is 7.25. The lowest BCUT2D eigenvalue weighted by atomic mass is 9.98. The van der Waals surface area contributed by atoms with Gasteiger partial charge in [0.25, 0.3) is 0 Å². The number of hydrogen-bond donors (Lipinski definition) is 4. The van der Waals surface area contributed by atoms with Gasteiger partial charge in [0.2, 0.25) is 17.7 Å². The first kappa shape index (κ1) is 38.7. The lowest BCUT2D eigenvalue weighted by molar-refractivity contribution is -0.125. The van der Waals surface area contributed by atoms with E-state index in [-0.39, 0.29) is 73.0 Å². The van der Waals surface area contributed by atoms with Gasteiger partial charge in [0.05, 0.1) is 0 Å². The predicted molar refractivity (Wildman–Crippen MR) is 165 cm³/mol. The van der Waals surface area contributed by atoms with Crippen molar-refractivity contribution in [1.82, 2.24) is 21.3 Å². The molecule has 0 rings (SSSR count). The van der Waals surface area contributed by atoms with Crippen LogP contribution in [0.25, 0.3) is 0 Å². The minimum atomic E-state index is -0.534. The molecule has 9 heteroatoms. The second-order valence-electron chi connectivity index (χ2n) is 11.9. The fraction of sp³-hybridized carbons (Fsp3) is 0.844. The van der Waals surface area contributed by atoms with E-state index in [2.05, 4.69) is 42.0 Å². The van der Waals surface area contributed by atoms with Gasteiger partial charge in [0, 0.05) is 50.2 Å². The zero-order valence-electron chi connectivity index (χ0n) is 26.9. The third-order valence-electron chi connectivity index (χ3n) is 7.25. The molecule has 3 atom stereocenters.